The molecule has 2 fully saturated rings. The highest BCUT2D eigenvalue weighted by atomic mass is 19.1. The van der Waals surface area contributed by atoms with Crippen LogP contribution in [0.4, 0.5) is 4.39 Å². The molecule has 1 unspecified atom stereocenters. The summed E-state index contributed by atoms with van der Waals surface area (Å²) in [4.78, 5) is 0. The van der Waals surface area contributed by atoms with E-state index in [2.05, 4.69) is 26.0 Å². The van der Waals surface area contributed by atoms with Gasteiger partial charge in [-0.15, -0.1) is 0 Å². The number of rotatable bonds is 5. The van der Waals surface area contributed by atoms with Crippen molar-refractivity contribution in [2.45, 2.75) is 71.1 Å². The van der Waals surface area contributed by atoms with Crippen molar-refractivity contribution in [3.8, 4) is 0 Å². The Kier molecular flexibility index (Phi) is 4.74. The summed E-state index contributed by atoms with van der Waals surface area (Å²) in [6.45, 7) is 7.57. The van der Waals surface area contributed by atoms with E-state index < -0.39 is 18.8 Å². The van der Waals surface area contributed by atoms with Gasteiger partial charge in [-0.05, 0) is 43.9 Å². The van der Waals surface area contributed by atoms with Gasteiger partial charge < -0.3 is 18.9 Å². The summed E-state index contributed by atoms with van der Waals surface area (Å²) in [6, 6.07) is 6.19. The van der Waals surface area contributed by atoms with Gasteiger partial charge in [-0.3, -0.25) is 0 Å². The highest BCUT2D eigenvalue weighted by Crippen LogP contribution is 2.40. The molecule has 3 rings (SSSR count). The van der Waals surface area contributed by atoms with Gasteiger partial charge in [-0.2, -0.15) is 0 Å². The summed E-state index contributed by atoms with van der Waals surface area (Å²) in [7, 11) is 0. The van der Waals surface area contributed by atoms with Gasteiger partial charge in [0.15, 0.2) is 12.1 Å². The third kappa shape index (κ3) is 3.15. The topological polar surface area (TPSA) is 36.9 Å². The average Bonchev–Trinajstić information content (AvgIpc) is 3.01. The maximum absolute atomic E-state index is 13.1. The lowest BCUT2D eigenvalue weighted by Gasteiger charge is -2.26. The molecule has 0 amide bonds. The second-order valence-corrected chi connectivity index (χ2v) is 6.56. The fourth-order valence-electron chi connectivity index (χ4n) is 3.32. The van der Waals surface area contributed by atoms with Crippen LogP contribution in [0, 0.1) is 13.8 Å². The number of benzene rings is 1. The Bertz CT molecular complexity index is 544. The normalized spacial score (nSPS) is 36.4. The fourth-order valence-corrected chi connectivity index (χ4v) is 3.32. The molecule has 0 radical (unpaired) electrons. The zero-order chi connectivity index (χ0) is 16.6. The number of alkyl halides is 1. The standard InChI is InChI=1S/C18H25FO4/c1-5-14-15(16-17(21-14)23-18(4,10-19)22-16)20-9-13-11(2)7-6-8-12(13)3/h6-8,14-17H,5,9-10H2,1-4H3/t14-,15+,16-,17-,18?/m1/s1. The van der Waals surface area contributed by atoms with Crippen LogP contribution in [0.15, 0.2) is 18.2 Å². The molecule has 5 atom stereocenters. The minimum atomic E-state index is -1.23. The van der Waals surface area contributed by atoms with Crippen LogP contribution in [0.1, 0.15) is 37.0 Å². The first kappa shape index (κ1) is 16.8. The smallest absolute Gasteiger partial charge is 0.197 e. The van der Waals surface area contributed by atoms with Crippen molar-refractivity contribution < 1.29 is 23.3 Å². The van der Waals surface area contributed by atoms with E-state index in [1.54, 1.807) is 6.92 Å². The van der Waals surface area contributed by atoms with Gasteiger partial charge in [0.05, 0.1) is 12.7 Å². The largest absolute Gasteiger partial charge is 0.368 e. The monoisotopic (exact) mass is 324 g/mol. The number of fused-ring (bicyclic) bond motifs is 1. The van der Waals surface area contributed by atoms with Crippen LogP contribution in [0.2, 0.25) is 0 Å². The quantitative estimate of drug-likeness (QED) is 0.831. The summed E-state index contributed by atoms with van der Waals surface area (Å²) >= 11 is 0. The molecule has 4 nitrogen and oxygen atoms in total. The van der Waals surface area contributed by atoms with Crippen LogP contribution in [-0.4, -0.2) is 37.1 Å². The summed E-state index contributed by atoms with van der Waals surface area (Å²) < 4.78 is 36.5. The van der Waals surface area contributed by atoms with Gasteiger partial charge in [-0.25, -0.2) is 4.39 Å². The van der Waals surface area contributed by atoms with Crippen LogP contribution >= 0.6 is 0 Å². The van der Waals surface area contributed by atoms with Crippen molar-refractivity contribution in [1.29, 1.82) is 0 Å². The van der Waals surface area contributed by atoms with Gasteiger partial charge in [0.2, 0.25) is 0 Å². The van der Waals surface area contributed by atoms with Crippen LogP contribution in [0.25, 0.3) is 0 Å². The molecule has 2 aliphatic rings. The van der Waals surface area contributed by atoms with Crippen molar-refractivity contribution in [3.63, 3.8) is 0 Å². The van der Waals surface area contributed by atoms with Crippen LogP contribution in [0.3, 0.4) is 0 Å². The molecule has 1 aromatic carbocycles. The van der Waals surface area contributed by atoms with E-state index in [-0.39, 0.29) is 18.3 Å². The zero-order valence-electron chi connectivity index (χ0n) is 14.2. The van der Waals surface area contributed by atoms with Crippen LogP contribution in [-0.2, 0) is 25.6 Å². The molecule has 2 saturated heterocycles. The van der Waals surface area contributed by atoms with E-state index in [9.17, 15) is 4.39 Å². The Hall–Kier alpha value is -1.01. The lowest BCUT2D eigenvalue weighted by Crippen LogP contribution is -2.38. The third-order valence-corrected chi connectivity index (χ3v) is 4.73. The summed E-state index contributed by atoms with van der Waals surface area (Å²) in [5.74, 6) is -1.23. The average molecular weight is 324 g/mol. The Morgan fingerprint density at radius 2 is 1.91 bits per heavy atom. The Balaban J connectivity index is 1.72. The predicted molar refractivity (Wildman–Crippen MR) is 83.8 cm³/mol. The summed E-state index contributed by atoms with van der Waals surface area (Å²) in [5, 5.41) is 0. The molecule has 0 N–H and O–H groups in total. The van der Waals surface area contributed by atoms with Crippen LogP contribution in [0.5, 0.6) is 0 Å². The number of aryl methyl sites for hydroxylation is 2. The van der Waals surface area contributed by atoms with E-state index in [1.165, 1.54) is 16.7 Å². The molecule has 5 heteroatoms. The SMILES string of the molecule is CC[C@H]1O[C@@H]2OC(C)(CF)O[C@@H]2[C@H]1OCc1c(C)cccc1C. The molecular weight excluding hydrogens is 299 g/mol. The molecule has 0 spiro atoms. The van der Waals surface area contributed by atoms with Crippen LogP contribution < -0.4 is 0 Å². The van der Waals surface area contributed by atoms with E-state index in [0.29, 0.717) is 6.61 Å². The lowest BCUT2D eigenvalue weighted by atomic mass is 10.0. The van der Waals surface area contributed by atoms with E-state index in [0.717, 1.165) is 6.42 Å². The van der Waals surface area contributed by atoms with Gasteiger partial charge in [0.25, 0.3) is 0 Å². The lowest BCUT2D eigenvalue weighted by molar-refractivity contribution is -0.233. The number of hydrogen-bond donors (Lipinski definition) is 0. The molecule has 23 heavy (non-hydrogen) atoms. The van der Waals surface area contributed by atoms with Gasteiger partial charge in [-0.1, -0.05) is 25.1 Å². The van der Waals surface area contributed by atoms with Gasteiger partial charge in [0, 0.05) is 0 Å². The van der Waals surface area contributed by atoms with E-state index >= 15 is 0 Å². The maximum atomic E-state index is 13.1. The highest BCUT2D eigenvalue weighted by molar-refractivity contribution is 5.32. The number of hydrogen-bond acceptors (Lipinski definition) is 4. The van der Waals surface area contributed by atoms with Gasteiger partial charge in [0.1, 0.15) is 18.9 Å². The molecule has 0 saturated carbocycles. The molecule has 0 aliphatic carbocycles. The van der Waals surface area contributed by atoms with E-state index in [1.807, 2.05) is 13.0 Å². The predicted octanol–water partition coefficient (Wildman–Crippen LogP) is 3.42. The first-order valence-electron chi connectivity index (χ1n) is 8.21. The Labute approximate surface area is 136 Å². The Morgan fingerprint density at radius 3 is 2.52 bits per heavy atom. The highest BCUT2D eigenvalue weighted by Gasteiger charge is 2.56. The van der Waals surface area contributed by atoms with Crippen molar-refractivity contribution in [2.24, 2.45) is 0 Å². The Morgan fingerprint density at radius 1 is 1.22 bits per heavy atom. The molecule has 1 aromatic rings. The second kappa shape index (κ2) is 6.48. The van der Waals surface area contributed by atoms with Crippen molar-refractivity contribution in [3.05, 3.63) is 34.9 Å². The number of halogens is 1. The molecule has 128 valence electrons. The van der Waals surface area contributed by atoms with Crippen molar-refractivity contribution in [2.75, 3.05) is 6.67 Å². The molecule has 2 aliphatic heterocycles. The second-order valence-electron chi connectivity index (χ2n) is 6.56. The molecule has 0 aromatic heterocycles. The first-order valence-corrected chi connectivity index (χ1v) is 8.21. The zero-order valence-corrected chi connectivity index (χ0v) is 14.2. The van der Waals surface area contributed by atoms with Crippen molar-refractivity contribution in [1.82, 2.24) is 0 Å². The maximum Gasteiger partial charge on any atom is 0.197 e. The molecule has 0 bridgehead atoms. The molecular formula is C18H25FO4. The minimum Gasteiger partial charge on any atom is -0.368 e. The van der Waals surface area contributed by atoms with E-state index in [4.69, 9.17) is 18.9 Å². The third-order valence-electron chi connectivity index (χ3n) is 4.73. The summed E-state index contributed by atoms with van der Waals surface area (Å²) in [6.07, 6.45) is -0.492. The summed E-state index contributed by atoms with van der Waals surface area (Å²) in [5.41, 5.74) is 3.58. The molecule has 2 heterocycles. The van der Waals surface area contributed by atoms with Crippen molar-refractivity contribution >= 4 is 0 Å². The minimum absolute atomic E-state index is 0.0986. The van der Waals surface area contributed by atoms with Gasteiger partial charge >= 0.3 is 0 Å². The first-order chi connectivity index (χ1) is 11.0. The fraction of sp³-hybridized carbons (Fsp3) is 0.667. The number of ether oxygens (including phenoxy) is 4.